The molecule has 24 heavy (non-hydrogen) atoms. The summed E-state index contributed by atoms with van der Waals surface area (Å²) in [6.07, 6.45) is 1.24. The van der Waals surface area contributed by atoms with Gasteiger partial charge in [0.2, 0.25) is 15.9 Å². The molecule has 1 aromatic heterocycles. The Morgan fingerprint density at radius 1 is 1.42 bits per heavy atom. The van der Waals surface area contributed by atoms with Gasteiger partial charge in [-0.1, -0.05) is 6.07 Å². The maximum atomic E-state index is 13.0. The van der Waals surface area contributed by atoms with Crippen molar-refractivity contribution < 1.29 is 18.3 Å². The summed E-state index contributed by atoms with van der Waals surface area (Å²) in [5.41, 5.74) is 0.921. The van der Waals surface area contributed by atoms with Gasteiger partial charge < -0.3 is 10.4 Å². The number of fused-ring (bicyclic) bond motifs is 1. The molecule has 1 amide bonds. The van der Waals surface area contributed by atoms with Gasteiger partial charge >= 0.3 is 0 Å². The molecule has 0 saturated carbocycles. The second-order valence-electron chi connectivity index (χ2n) is 5.60. The van der Waals surface area contributed by atoms with E-state index in [1.54, 1.807) is 12.1 Å². The van der Waals surface area contributed by atoms with Crippen molar-refractivity contribution in [1.82, 2.24) is 18.4 Å². The van der Waals surface area contributed by atoms with Crippen LogP contribution in [0.4, 0.5) is 0 Å². The SMILES string of the molecule is O=C(NCCO)[C@H]1CCCN(S(=O)(=O)c2cccc3nsnc23)C1. The summed E-state index contributed by atoms with van der Waals surface area (Å²) >= 11 is 0.974. The van der Waals surface area contributed by atoms with Crippen LogP contribution in [0.1, 0.15) is 12.8 Å². The molecule has 0 unspecified atom stereocenters. The molecular weight excluding hydrogens is 352 g/mol. The van der Waals surface area contributed by atoms with Crippen LogP contribution in [0.15, 0.2) is 23.1 Å². The Labute approximate surface area is 143 Å². The number of amides is 1. The van der Waals surface area contributed by atoms with E-state index in [0.717, 1.165) is 11.7 Å². The van der Waals surface area contributed by atoms with Crippen molar-refractivity contribution in [3.05, 3.63) is 18.2 Å². The number of hydrogen-bond donors (Lipinski definition) is 2. The van der Waals surface area contributed by atoms with E-state index in [-0.39, 0.29) is 30.5 Å². The lowest BCUT2D eigenvalue weighted by Crippen LogP contribution is -2.45. The highest BCUT2D eigenvalue weighted by molar-refractivity contribution is 7.89. The number of hydrogen-bond acceptors (Lipinski definition) is 7. The Hall–Kier alpha value is -1.62. The lowest BCUT2D eigenvalue weighted by Gasteiger charge is -2.31. The van der Waals surface area contributed by atoms with E-state index < -0.39 is 15.9 Å². The summed E-state index contributed by atoms with van der Waals surface area (Å²) in [5, 5.41) is 11.4. The number of aliphatic hydroxyl groups is 1. The van der Waals surface area contributed by atoms with E-state index in [4.69, 9.17) is 5.11 Å². The third kappa shape index (κ3) is 3.27. The molecule has 1 atom stereocenters. The van der Waals surface area contributed by atoms with Crippen LogP contribution in [0, 0.1) is 5.92 Å². The summed E-state index contributed by atoms with van der Waals surface area (Å²) in [5.74, 6) is -0.634. The van der Waals surface area contributed by atoms with Crippen LogP contribution in [-0.2, 0) is 14.8 Å². The zero-order chi connectivity index (χ0) is 17.2. The number of nitrogens with one attached hydrogen (secondary N) is 1. The Balaban J connectivity index is 1.84. The molecule has 2 N–H and O–H groups in total. The van der Waals surface area contributed by atoms with Gasteiger partial charge in [-0.2, -0.15) is 13.1 Å². The van der Waals surface area contributed by atoms with E-state index in [1.807, 2.05) is 0 Å². The number of carbonyl (C=O) groups is 1. The minimum Gasteiger partial charge on any atom is -0.395 e. The molecule has 0 aliphatic carbocycles. The van der Waals surface area contributed by atoms with Gasteiger partial charge in [0.25, 0.3) is 0 Å². The van der Waals surface area contributed by atoms with Gasteiger partial charge in [0.1, 0.15) is 15.9 Å². The quantitative estimate of drug-likeness (QED) is 0.777. The van der Waals surface area contributed by atoms with Crippen LogP contribution in [-0.4, -0.2) is 58.7 Å². The van der Waals surface area contributed by atoms with E-state index in [2.05, 4.69) is 14.1 Å². The number of nitrogens with zero attached hydrogens (tertiary/aromatic N) is 3. The van der Waals surface area contributed by atoms with E-state index in [0.29, 0.717) is 30.4 Å². The van der Waals surface area contributed by atoms with Crippen LogP contribution in [0.5, 0.6) is 0 Å². The Bertz CT molecular complexity index is 836. The van der Waals surface area contributed by atoms with Gasteiger partial charge in [-0.15, -0.1) is 0 Å². The fourth-order valence-electron chi connectivity index (χ4n) is 2.83. The Morgan fingerprint density at radius 3 is 3.04 bits per heavy atom. The molecule has 8 nitrogen and oxygen atoms in total. The van der Waals surface area contributed by atoms with Crippen molar-refractivity contribution in [1.29, 1.82) is 0 Å². The minimum absolute atomic E-state index is 0.130. The predicted octanol–water partition coefficient (Wildman–Crippen LogP) is 0.200. The summed E-state index contributed by atoms with van der Waals surface area (Å²) in [7, 11) is -3.74. The van der Waals surface area contributed by atoms with E-state index in [9.17, 15) is 13.2 Å². The summed E-state index contributed by atoms with van der Waals surface area (Å²) in [4.78, 5) is 12.2. The smallest absolute Gasteiger partial charge is 0.245 e. The third-order valence-electron chi connectivity index (χ3n) is 4.03. The molecule has 130 valence electrons. The fourth-order valence-corrected chi connectivity index (χ4v) is 5.10. The first-order valence-electron chi connectivity index (χ1n) is 7.64. The highest BCUT2D eigenvalue weighted by Crippen LogP contribution is 2.28. The first kappa shape index (κ1) is 17.2. The summed E-state index contributed by atoms with van der Waals surface area (Å²) in [6.45, 7) is 0.540. The van der Waals surface area contributed by atoms with Crippen molar-refractivity contribution in [2.45, 2.75) is 17.7 Å². The zero-order valence-corrected chi connectivity index (χ0v) is 14.5. The summed E-state index contributed by atoms with van der Waals surface area (Å²) < 4.78 is 35.5. The molecule has 1 saturated heterocycles. The van der Waals surface area contributed by atoms with Crippen molar-refractivity contribution in [2.75, 3.05) is 26.2 Å². The van der Waals surface area contributed by atoms with Gasteiger partial charge in [-0.25, -0.2) is 8.42 Å². The largest absolute Gasteiger partial charge is 0.395 e. The number of piperidine rings is 1. The molecule has 2 heterocycles. The topological polar surface area (TPSA) is 112 Å². The fraction of sp³-hybridized carbons (Fsp3) is 0.500. The van der Waals surface area contributed by atoms with Gasteiger partial charge in [0, 0.05) is 19.6 Å². The Morgan fingerprint density at radius 2 is 2.25 bits per heavy atom. The maximum absolute atomic E-state index is 13.0. The Kier molecular flexibility index (Phi) is 5.09. The molecule has 1 aliphatic rings. The molecule has 1 fully saturated rings. The highest BCUT2D eigenvalue weighted by atomic mass is 32.2. The number of rotatable bonds is 5. The number of sulfonamides is 1. The highest BCUT2D eigenvalue weighted by Gasteiger charge is 2.34. The summed E-state index contributed by atoms with van der Waals surface area (Å²) in [6, 6.07) is 4.89. The first-order valence-corrected chi connectivity index (χ1v) is 9.81. The van der Waals surface area contributed by atoms with E-state index in [1.165, 1.54) is 10.4 Å². The van der Waals surface area contributed by atoms with Crippen LogP contribution in [0.2, 0.25) is 0 Å². The van der Waals surface area contributed by atoms with Crippen LogP contribution in [0.25, 0.3) is 11.0 Å². The molecule has 2 aromatic rings. The van der Waals surface area contributed by atoms with E-state index >= 15 is 0 Å². The van der Waals surface area contributed by atoms with Crippen molar-refractivity contribution in [2.24, 2.45) is 5.92 Å². The molecule has 1 aliphatic heterocycles. The van der Waals surface area contributed by atoms with Crippen LogP contribution < -0.4 is 5.32 Å². The average Bonchev–Trinajstić information content (AvgIpc) is 3.08. The molecule has 10 heteroatoms. The monoisotopic (exact) mass is 370 g/mol. The predicted molar refractivity (Wildman–Crippen MR) is 89.0 cm³/mol. The second-order valence-corrected chi connectivity index (χ2v) is 8.04. The molecule has 1 aromatic carbocycles. The second kappa shape index (κ2) is 7.09. The minimum atomic E-state index is -3.74. The number of benzene rings is 1. The number of aromatic nitrogens is 2. The first-order chi connectivity index (χ1) is 11.5. The standard InChI is InChI=1S/C14H18N4O4S2/c19-8-6-15-14(20)10-3-2-7-18(9-10)24(21,22)12-5-1-4-11-13(12)17-23-16-11/h1,4-5,10,19H,2-3,6-9H2,(H,15,20)/t10-/m0/s1. The molecule has 0 bridgehead atoms. The molecule has 0 spiro atoms. The van der Waals surface area contributed by atoms with Crippen LogP contribution in [0.3, 0.4) is 0 Å². The maximum Gasteiger partial charge on any atom is 0.245 e. The van der Waals surface area contributed by atoms with Crippen molar-refractivity contribution >= 4 is 38.7 Å². The molecule has 0 radical (unpaired) electrons. The third-order valence-corrected chi connectivity index (χ3v) is 6.47. The average molecular weight is 370 g/mol. The van der Waals surface area contributed by atoms with Gasteiger partial charge in [0.05, 0.1) is 24.3 Å². The molecular formula is C14H18N4O4S2. The number of aliphatic hydroxyl groups excluding tert-OH is 1. The van der Waals surface area contributed by atoms with Gasteiger partial charge in [0.15, 0.2) is 0 Å². The lowest BCUT2D eigenvalue weighted by atomic mass is 9.99. The lowest BCUT2D eigenvalue weighted by molar-refractivity contribution is -0.126. The van der Waals surface area contributed by atoms with Crippen molar-refractivity contribution in [3.63, 3.8) is 0 Å². The number of carbonyl (C=O) groups excluding carboxylic acids is 1. The van der Waals surface area contributed by atoms with Gasteiger partial charge in [-0.05, 0) is 25.0 Å². The molecule has 3 rings (SSSR count). The zero-order valence-electron chi connectivity index (χ0n) is 12.9. The van der Waals surface area contributed by atoms with Crippen molar-refractivity contribution in [3.8, 4) is 0 Å². The normalized spacial score (nSPS) is 19.5. The van der Waals surface area contributed by atoms with Crippen LogP contribution >= 0.6 is 11.7 Å². The van der Waals surface area contributed by atoms with Gasteiger partial charge in [-0.3, -0.25) is 4.79 Å².